The van der Waals surface area contributed by atoms with Crippen LogP contribution >= 0.6 is 11.6 Å². The molecule has 0 radical (unpaired) electrons. The zero-order valence-corrected chi connectivity index (χ0v) is 12.7. The third-order valence-corrected chi connectivity index (χ3v) is 3.87. The van der Waals surface area contributed by atoms with Crippen LogP contribution in [0.2, 0.25) is 5.02 Å². The molecule has 2 rings (SSSR count). The molecule has 0 spiro atoms. The number of halogens is 1. The highest BCUT2D eigenvalue weighted by atomic mass is 35.5. The molecular weight excluding hydrogens is 292 g/mol. The molecule has 0 aliphatic carbocycles. The van der Waals surface area contributed by atoms with E-state index in [0.717, 1.165) is 18.5 Å². The van der Waals surface area contributed by atoms with Gasteiger partial charge >= 0.3 is 5.97 Å². The Hall–Kier alpha value is -1.59. The van der Waals surface area contributed by atoms with Crippen molar-refractivity contribution in [2.24, 2.45) is 5.92 Å². The molecule has 114 valence electrons. The summed E-state index contributed by atoms with van der Waals surface area (Å²) < 4.78 is 4.70. The molecule has 1 amide bonds. The van der Waals surface area contributed by atoms with Crippen LogP contribution in [0.25, 0.3) is 0 Å². The Balaban J connectivity index is 2.09. The molecule has 0 aromatic heterocycles. The van der Waals surface area contributed by atoms with Crippen LogP contribution < -0.4 is 10.6 Å². The van der Waals surface area contributed by atoms with Crippen molar-refractivity contribution in [3.63, 3.8) is 0 Å². The molecule has 1 fully saturated rings. The average Bonchev–Trinajstić information content (AvgIpc) is 3.01. The van der Waals surface area contributed by atoms with Gasteiger partial charge in [-0.15, -0.1) is 0 Å². The van der Waals surface area contributed by atoms with E-state index in [-0.39, 0.29) is 24.2 Å². The highest BCUT2D eigenvalue weighted by Gasteiger charge is 2.26. The molecule has 1 aromatic carbocycles. The number of methoxy groups -OCH3 is 1. The molecule has 6 heteroatoms. The molecule has 0 bridgehead atoms. The van der Waals surface area contributed by atoms with Gasteiger partial charge in [-0.05, 0) is 30.7 Å². The molecular formula is C15H19ClN2O3. The smallest absolute Gasteiger partial charge is 0.307 e. The van der Waals surface area contributed by atoms with Gasteiger partial charge in [0.15, 0.2) is 0 Å². The molecule has 2 N–H and O–H groups in total. The second-order valence-electron chi connectivity index (χ2n) is 5.08. The summed E-state index contributed by atoms with van der Waals surface area (Å²) in [6.45, 7) is 1.53. The van der Waals surface area contributed by atoms with E-state index in [4.69, 9.17) is 16.3 Å². The second kappa shape index (κ2) is 7.43. The maximum absolute atomic E-state index is 12.2. The van der Waals surface area contributed by atoms with Gasteiger partial charge in [0, 0.05) is 11.6 Å². The van der Waals surface area contributed by atoms with Crippen molar-refractivity contribution in [1.82, 2.24) is 10.6 Å². The third-order valence-electron chi connectivity index (χ3n) is 3.62. The zero-order valence-electron chi connectivity index (χ0n) is 11.9. The summed E-state index contributed by atoms with van der Waals surface area (Å²) in [5.74, 6) is -0.443. The van der Waals surface area contributed by atoms with E-state index in [1.807, 2.05) is 12.1 Å². The van der Waals surface area contributed by atoms with Gasteiger partial charge in [0.05, 0.1) is 25.5 Å². The van der Waals surface area contributed by atoms with Crippen molar-refractivity contribution < 1.29 is 14.3 Å². The zero-order chi connectivity index (χ0) is 15.2. The molecule has 1 aliphatic heterocycles. The number of hydrogen-bond donors (Lipinski definition) is 2. The van der Waals surface area contributed by atoms with Gasteiger partial charge in [0.1, 0.15) is 0 Å². The minimum absolute atomic E-state index is 0.0381. The highest BCUT2D eigenvalue weighted by Crippen LogP contribution is 2.21. The Morgan fingerprint density at radius 2 is 2.14 bits per heavy atom. The predicted molar refractivity (Wildman–Crippen MR) is 79.9 cm³/mol. The number of ether oxygens (including phenoxy) is 1. The van der Waals surface area contributed by atoms with Crippen LogP contribution in [0.1, 0.15) is 24.4 Å². The van der Waals surface area contributed by atoms with E-state index in [1.54, 1.807) is 12.1 Å². The van der Waals surface area contributed by atoms with Crippen LogP contribution in [0.3, 0.4) is 0 Å². The highest BCUT2D eigenvalue weighted by molar-refractivity contribution is 6.30. The summed E-state index contributed by atoms with van der Waals surface area (Å²) in [6, 6.07) is 6.70. The van der Waals surface area contributed by atoms with E-state index in [0.29, 0.717) is 11.6 Å². The summed E-state index contributed by atoms with van der Waals surface area (Å²) in [6.07, 6.45) is 0.918. The SMILES string of the molecule is COC(=O)C[C@H](NC(=O)C1CCNC1)c1ccc(Cl)cc1. The molecule has 1 heterocycles. The molecule has 2 atom stereocenters. The van der Waals surface area contributed by atoms with E-state index in [1.165, 1.54) is 7.11 Å². The number of hydrogen-bond acceptors (Lipinski definition) is 4. The summed E-state index contributed by atoms with van der Waals surface area (Å²) >= 11 is 5.87. The fourth-order valence-corrected chi connectivity index (χ4v) is 2.49. The number of amides is 1. The van der Waals surface area contributed by atoms with Gasteiger partial charge in [-0.3, -0.25) is 9.59 Å². The topological polar surface area (TPSA) is 67.4 Å². The lowest BCUT2D eigenvalue weighted by molar-refractivity contribution is -0.141. The number of carbonyl (C=O) groups is 2. The lowest BCUT2D eigenvalue weighted by atomic mass is 10.0. The number of benzene rings is 1. The Kier molecular flexibility index (Phi) is 5.59. The largest absolute Gasteiger partial charge is 0.469 e. The van der Waals surface area contributed by atoms with Gasteiger partial charge in [0.25, 0.3) is 0 Å². The lowest BCUT2D eigenvalue weighted by Crippen LogP contribution is -2.36. The van der Waals surface area contributed by atoms with E-state index in [2.05, 4.69) is 10.6 Å². The van der Waals surface area contributed by atoms with Crippen molar-refractivity contribution in [3.8, 4) is 0 Å². The predicted octanol–water partition coefficient (Wildman–Crippen LogP) is 1.67. The number of nitrogens with one attached hydrogen (secondary N) is 2. The van der Waals surface area contributed by atoms with Crippen molar-refractivity contribution in [2.75, 3.05) is 20.2 Å². The fraction of sp³-hybridized carbons (Fsp3) is 0.467. The van der Waals surface area contributed by atoms with Gasteiger partial charge in [-0.25, -0.2) is 0 Å². The van der Waals surface area contributed by atoms with E-state index >= 15 is 0 Å². The van der Waals surface area contributed by atoms with Crippen LogP contribution in [0.5, 0.6) is 0 Å². The summed E-state index contributed by atoms with van der Waals surface area (Å²) in [7, 11) is 1.34. The van der Waals surface area contributed by atoms with Crippen molar-refractivity contribution in [1.29, 1.82) is 0 Å². The first-order valence-electron chi connectivity index (χ1n) is 6.93. The monoisotopic (exact) mass is 310 g/mol. The molecule has 21 heavy (non-hydrogen) atoms. The van der Waals surface area contributed by atoms with Crippen LogP contribution in [-0.2, 0) is 14.3 Å². The van der Waals surface area contributed by atoms with Gasteiger partial charge < -0.3 is 15.4 Å². The van der Waals surface area contributed by atoms with Gasteiger partial charge in [-0.1, -0.05) is 23.7 Å². The average molecular weight is 311 g/mol. The first kappa shape index (κ1) is 15.8. The molecule has 1 unspecified atom stereocenters. The van der Waals surface area contributed by atoms with Crippen LogP contribution in [0.4, 0.5) is 0 Å². The van der Waals surface area contributed by atoms with Crippen molar-refractivity contribution in [3.05, 3.63) is 34.9 Å². The fourth-order valence-electron chi connectivity index (χ4n) is 2.37. The molecule has 1 saturated heterocycles. The normalized spacial score (nSPS) is 19.0. The number of esters is 1. The number of carbonyl (C=O) groups excluding carboxylic acids is 2. The standard InChI is InChI=1S/C15H19ClN2O3/c1-21-14(19)8-13(10-2-4-12(16)5-3-10)18-15(20)11-6-7-17-9-11/h2-5,11,13,17H,6-9H2,1H3,(H,18,20)/t11?,13-/m0/s1. The maximum Gasteiger partial charge on any atom is 0.307 e. The number of rotatable bonds is 5. The van der Waals surface area contributed by atoms with Crippen LogP contribution in [-0.4, -0.2) is 32.1 Å². The van der Waals surface area contributed by atoms with Gasteiger partial charge in [0.2, 0.25) is 5.91 Å². The molecule has 1 aromatic rings. The van der Waals surface area contributed by atoms with Crippen molar-refractivity contribution >= 4 is 23.5 Å². The molecule has 0 saturated carbocycles. The summed E-state index contributed by atoms with van der Waals surface area (Å²) in [5, 5.41) is 6.71. The first-order chi connectivity index (χ1) is 10.1. The Morgan fingerprint density at radius 3 is 2.71 bits per heavy atom. The molecule has 5 nitrogen and oxygen atoms in total. The van der Waals surface area contributed by atoms with Crippen LogP contribution in [0, 0.1) is 5.92 Å². The quantitative estimate of drug-likeness (QED) is 0.812. The van der Waals surface area contributed by atoms with Crippen molar-refractivity contribution in [2.45, 2.75) is 18.9 Å². The Bertz CT molecular complexity index is 498. The Morgan fingerprint density at radius 1 is 1.43 bits per heavy atom. The van der Waals surface area contributed by atoms with Crippen LogP contribution in [0.15, 0.2) is 24.3 Å². The Labute approximate surface area is 129 Å². The minimum atomic E-state index is -0.400. The summed E-state index contributed by atoms with van der Waals surface area (Å²) in [5.41, 5.74) is 0.837. The minimum Gasteiger partial charge on any atom is -0.469 e. The molecule has 1 aliphatic rings. The second-order valence-corrected chi connectivity index (χ2v) is 5.52. The van der Waals surface area contributed by atoms with Gasteiger partial charge in [-0.2, -0.15) is 0 Å². The van der Waals surface area contributed by atoms with E-state index in [9.17, 15) is 9.59 Å². The first-order valence-corrected chi connectivity index (χ1v) is 7.31. The lowest BCUT2D eigenvalue weighted by Gasteiger charge is -2.20. The summed E-state index contributed by atoms with van der Waals surface area (Å²) in [4.78, 5) is 23.8. The maximum atomic E-state index is 12.2. The third kappa shape index (κ3) is 4.44. The van der Waals surface area contributed by atoms with E-state index < -0.39 is 6.04 Å².